The summed E-state index contributed by atoms with van der Waals surface area (Å²) in [6, 6.07) is 10.4. The van der Waals surface area contributed by atoms with Gasteiger partial charge in [-0.3, -0.25) is 0 Å². The van der Waals surface area contributed by atoms with Gasteiger partial charge < -0.3 is 9.84 Å². The fourth-order valence-electron chi connectivity index (χ4n) is 1.82. The molecule has 0 saturated carbocycles. The van der Waals surface area contributed by atoms with Crippen LogP contribution in [-0.2, 0) is 0 Å². The van der Waals surface area contributed by atoms with E-state index >= 15 is 0 Å². The lowest BCUT2D eigenvalue weighted by Crippen LogP contribution is -2.00. The molecule has 4 heteroatoms. The number of hydrogen-bond acceptors (Lipinski definition) is 3. The zero-order chi connectivity index (χ0) is 13.1. The highest BCUT2D eigenvalue weighted by atomic mass is 16.5. The summed E-state index contributed by atoms with van der Waals surface area (Å²) in [6.07, 6.45) is 0. The Kier molecular flexibility index (Phi) is 3.28. The van der Waals surface area contributed by atoms with Crippen molar-refractivity contribution in [1.29, 1.82) is 0 Å². The summed E-state index contributed by atoms with van der Waals surface area (Å²) in [7, 11) is 1.54. The molecule has 0 spiro atoms. The average molecular weight is 243 g/mol. The Morgan fingerprint density at radius 3 is 2.67 bits per heavy atom. The van der Waals surface area contributed by atoms with E-state index in [1.54, 1.807) is 24.3 Å². The Morgan fingerprint density at radius 2 is 2.00 bits per heavy atom. The first-order chi connectivity index (χ1) is 8.61. The molecule has 0 aliphatic heterocycles. The standard InChI is InChI=1S/C14H13NO3/c1-9-7-10(8-13(15-9)18-2)11-5-3-4-6-12(11)14(16)17/h3-8H,1-2H3,(H,16,17). The third-order valence-corrected chi connectivity index (χ3v) is 2.61. The molecule has 0 aliphatic carbocycles. The summed E-state index contributed by atoms with van der Waals surface area (Å²) in [5.41, 5.74) is 2.50. The van der Waals surface area contributed by atoms with Crippen molar-refractivity contribution in [1.82, 2.24) is 4.98 Å². The molecule has 0 saturated heterocycles. The fraction of sp³-hybridized carbons (Fsp3) is 0.143. The lowest BCUT2D eigenvalue weighted by atomic mass is 10.00. The monoisotopic (exact) mass is 243 g/mol. The summed E-state index contributed by atoms with van der Waals surface area (Å²) in [5, 5.41) is 9.18. The van der Waals surface area contributed by atoms with E-state index in [2.05, 4.69) is 4.98 Å². The van der Waals surface area contributed by atoms with Gasteiger partial charge in [-0.25, -0.2) is 9.78 Å². The maximum Gasteiger partial charge on any atom is 0.336 e. The van der Waals surface area contributed by atoms with E-state index in [0.29, 0.717) is 11.4 Å². The van der Waals surface area contributed by atoms with Gasteiger partial charge >= 0.3 is 5.97 Å². The molecule has 1 heterocycles. The van der Waals surface area contributed by atoms with Crippen LogP contribution in [0.15, 0.2) is 36.4 Å². The average Bonchev–Trinajstić information content (AvgIpc) is 2.38. The molecule has 0 atom stereocenters. The highest BCUT2D eigenvalue weighted by molar-refractivity contribution is 5.96. The largest absolute Gasteiger partial charge is 0.481 e. The van der Waals surface area contributed by atoms with E-state index in [4.69, 9.17) is 4.74 Å². The van der Waals surface area contributed by atoms with Crippen molar-refractivity contribution in [2.45, 2.75) is 6.92 Å². The van der Waals surface area contributed by atoms with Crippen LogP contribution in [-0.4, -0.2) is 23.2 Å². The van der Waals surface area contributed by atoms with Crippen LogP contribution in [0.25, 0.3) is 11.1 Å². The van der Waals surface area contributed by atoms with Crippen molar-refractivity contribution in [2.75, 3.05) is 7.11 Å². The van der Waals surface area contributed by atoms with Crippen LogP contribution in [0.5, 0.6) is 5.88 Å². The number of pyridine rings is 1. The maximum absolute atomic E-state index is 11.2. The van der Waals surface area contributed by atoms with Gasteiger partial charge in [0.25, 0.3) is 0 Å². The highest BCUT2D eigenvalue weighted by Gasteiger charge is 2.12. The van der Waals surface area contributed by atoms with Crippen molar-refractivity contribution < 1.29 is 14.6 Å². The number of ether oxygens (including phenoxy) is 1. The van der Waals surface area contributed by atoms with Crippen LogP contribution in [0.1, 0.15) is 16.1 Å². The van der Waals surface area contributed by atoms with Gasteiger partial charge in [0.1, 0.15) is 0 Å². The lowest BCUT2D eigenvalue weighted by Gasteiger charge is -2.08. The number of nitrogens with zero attached hydrogens (tertiary/aromatic N) is 1. The maximum atomic E-state index is 11.2. The minimum Gasteiger partial charge on any atom is -0.481 e. The number of benzene rings is 1. The number of aromatic carboxylic acids is 1. The Labute approximate surface area is 105 Å². The molecule has 4 nitrogen and oxygen atoms in total. The number of aromatic nitrogens is 1. The molecule has 92 valence electrons. The lowest BCUT2D eigenvalue weighted by molar-refractivity contribution is 0.0697. The number of hydrogen-bond donors (Lipinski definition) is 1. The Bertz CT molecular complexity index is 593. The van der Waals surface area contributed by atoms with Crippen molar-refractivity contribution >= 4 is 5.97 Å². The smallest absolute Gasteiger partial charge is 0.336 e. The quantitative estimate of drug-likeness (QED) is 0.900. The first-order valence-electron chi connectivity index (χ1n) is 5.47. The number of carboxylic acid groups (broad SMARTS) is 1. The number of carbonyl (C=O) groups is 1. The summed E-state index contributed by atoms with van der Waals surface area (Å²) in [5.74, 6) is -0.468. The SMILES string of the molecule is COc1cc(-c2ccccc2C(=O)O)cc(C)n1. The van der Waals surface area contributed by atoms with Crippen LogP contribution < -0.4 is 4.74 Å². The first-order valence-corrected chi connectivity index (χ1v) is 5.47. The topological polar surface area (TPSA) is 59.4 Å². The molecular weight excluding hydrogens is 230 g/mol. The zero-order valence-electron chi connectivity index (χ0n) is 10.2. The summed E-state index contributed by atoms with van der Waals surface area (Å²) in [6.45, 7) is 1.84. The number of rotatable bonds is 3. The second-order valence-corrected chi connectivity index (χ2v) is 3.89. The summed E-state index contributed by atoms with van der Waals surface area (Å²) >= 11 is 0. The second-order valence-electron chi connectivity index (χ2n) is 3.89. The molecule has 2 rings (SSSR count). The summed E-state index contributed by atoms with van der Waals surface area (Å²) in [4.78, 5) is 15.4. The van der Waals surface area contributed by atoms with Gasteiger partial charge in [-0.15, -0.1) is 0 Å². The van der Waals surface area contributed by atoms with E-state index in [9.17, 15) is 9.90 Å². The summed E-state index contributed by atoms with van der Waals surface area (Å²) < 4.78 is 5.10. The van der Waals surface area contributed by atoms with Crippen molar-refractivity contribution in [3.8, 4) is 17.0 Å². The van der Waals surface area contributed by atoms with E-state index < -0.39 is 5.97 Å². The normalized spacial score (nSPS) is 10.1. The van der Waals surface area contributed by atoms with Gasteiger partial charge in [0.2, 0.25) is 5.88 Å². The second kappa shape index (κ2) is 4.87. The predicted molar refractivity (Wildman–Crippen MR) is 67.9 cm³/mol. The van der Waals surface area contributed by atoms with Gasteiger partial charge in [0.15, 0.2) is 0 Å². The Morgan fingerprint density at radius 1 is 1.28 bits per heavy atom. The fourth-order valence-corrected chi connectivity index (χ4v) is 1.82. The molecule has 18 heavy (non-hydrogen) atoms. The van der Waals surface area contributed by atoms with Crippen LogP contribution >= 0.6 is 0 Å². The minimum absolute atomic E-state index is 0.269. The zero-order valence-corrected chi connectivity index (χ0v) is 10.2. The molecule has 0 radical (unpaired) electrons. The predicted octanol–water partition coefficient (Wildman–Crippen LogP) is 2.76. The van der Waals surface area contributed by atoms with Crippen LogP contribution in [0, 0.1) is 6.92 Å². The molecular formula is C14H13NO3. The number of carboxylic acids is 1. The molecule has 1 aromatic carbocycles. The molecule has 0 fully saturated rings. The molecule has 1 N–H and O–H groups in total. The molecule has 0 amide bonds. The van der Waals surface area contributed by atoms with Crippen LogP contribution in [0.4, 0.5) is 0 Å². The van der Waals surface area contributed by atoms with Crippen molar-refractivity contribution in [3.05, 3.63) is 47.7 Å². The Hall–Kier alpha value is -2.36. The van der Waals surface area contributed by atoms with Gasteiger partial charge in [-0.1, -0.05) is 18.2 Å². The van der Waals surface area contributed by atoms with Gasteiger partial charge in [-0.05, 0) is 30.2 Å². The first kappa shape index (κ1) is 12.1. The van der Waals surface area contributed by atoms with Crippen LogP contribution in [0.3, 0.4) is 0 Å². The van der Waals surface area contributed by atoms with Crippen molar-refractivity contribution in [3.63, 3.8) is 0 Å². The van der Waals surface area contributed by atoms with Gasteiger partial charge in [0, 0.05) is 11.8 Å². The van der Waals surface area contributed by atoms with E-state index in [1.807, 2.05) is 19.1 Å². The van der Waals surface area contributed by atoms with Crippen LogP contribution in [0.2, 0.25) is 0 Å². The number of methoxy groups -OCH3 is 1. The molecule has 0 unspecified atom stereocenters. The Balaban J connectivity index is 2.61. The molecule has 2 aromatic rings. The van der Waals surface area contributed by atoms with E-state index in [1.165, 1.54) is 7.11 Å². The van der Waals surface area contributed by atoms with E-state index in [0.717, 1.165) is 11.3 Å². The molecule has 0 aliphatic rings. The molecule has 0 bridgehead atoms. The third kappa shape index (κ3) is 2.32. The van der Waals surface area contributed by atoms with Crippen molar-refractivity contribution in [2.24, 2.45) is 0 Å². The number of aryl methyl sites for hydroxylation is 1. The third-order valence-electron chi connectivity index (χ3n) is 2.61. The van der Waals surface area contributed by atoms with E-state index in [-0.39, 0.29) is 5.56 Å². The highest BCUT2D eigenvalue weighted by Crippen LogP contribution is 2.26. The molecule has 1 aromatic heterocycles. The minimum atomic E-state index is -0.945. The van der Waals surface area contributed by atoms with Gasteiger partial charge in [0.05, 0.1) is 12.7 Å². The van der Waals surface area contributed by atoms with Gasteiger partial charge in [-0.2, -0.15) is 0 Å².